The molecule has 134 valence electrons. The Hall–Kier alpha value is -1.59. The van der Waals surface area contributed by atoms with E-state index in [1.165, 1.54) is 0 Å². The van der Waals surface area contributed by atoms with Gasteiger partial charge in [-0.15, -0.1) is 11.3 Å². The minimum atomic E-state index is -0.490. The van der Waals surface area contributed by atoms with E-state index in [9.17, 15) is 4.79 Å². The van der Waals surface area contributed by atoms with Gasteiger partial charge in [-0.1, -0.05) is 23.7 Å². The molecule has 1 saturated heterocycles. The SMILES string of the molecule is CC(C)(C)OC(=O)N1CCCC[C@@H]1c1nc(-c2ccc(Cl)cc2)cs1. The van der Waals surface area contributed by atoms with Crippen LogP contribution in [0.4, 0.5) is 4.79 Å². The number of carbonyl (C=O) groups is 1. The van der Waals surface area contributed by atoms with Crippen LogP contribution in [0.2, 0.25) is 5.02 Å². The summed E-state index contributed by atoms with van der Waals surface area (Å²) in [6.45, 7) is 6.40. The zero-order valence-corrected chi connectivity index (χ0v) is 16.4. The highest BCUT2D eigenvalue weighted by Gasteiger charge is 2.33. The number of hydrogen-bond donors (Lipinski definition) is 0. The number of halogens is 1. The molecule has 1 aliphatic heterocycles. The summed E-state index contributed by atoms with van der Waals surface area (Å²) < 4.78 is 5.58. The van der Waals surface area contributed by atoms with Gasteiger partial charge < -0.3 is 4.74 Å². The van der Waals surface area contributed by atoms with Gasteiger partial charge in [-0.2, -0.15) is 0 Å². The van der Waals surface area contributed by atoms with E-state index in [1.54, 1.807) is 11.3 Å². The highest BCUT2D eigenvalue weighted by Crippen LogP contribution is 2.35. The molecular formula is C19H23ClN2O2S. The maximum Gasteiger partial charge on any atom is 0.410 e. The number of amides is 1. The Balaban J connectivity index is 1.81. The molecule has 0 spiro atoms. The lowest BCUT2D eigenvalue weighted by atomic mass is 10.0. The van der Waals surface area contributed by atoms with E-state index in [0.29, 0.717) is 5.02 Å². The normalized spacial score (nSPS) is 18.2. The van der Waals surface area contributed by atoms with Crippen LogP contribution in [0.1, 0.15) is 51.1 Å². The quantitative estimate of drug-likeness (QED) is 0.650. The second kappa shape index (κ2) is 7.34. The molecule has 1 aliphatic rings. The van der Waals surface area contributed by atoms with Gasteiger partial charge in [0.1, 0.15) is 10.6 Å². The standard InChI is InChI=1S/C19H23ClN2O2S/c1-19(2,3)24-18(23)22-11-5-4-6-16(22)17-21-15(12-25-17)13-7-9-14(20)10-8-13/h7-10,12,16H,4-6,11H2,1-3H3/t16-/m1/s1. The lowest BCUT2D eigenvalue weighted by Gasteiger charge is -2.35. The topological polar surface area (TPSA) is 42.4 Å². The van der Waals surface area contributed by atoms with Crippen LogP contribution in [-0.4, -0.2) is 28.1 Å². The highest BCUT2D eigenvalue weighted by atomic mass is 35.5. The van der Waals surface area contributed by atoms with Gasteiger partial charge in [0, 0.05) is 22.5 Å². The third-order valence-electron chi connectivity index (χ3n) is 4.08. The van der Waals surface area contributed by atoms with Gasteiger partial charge in [-0.3, -0.25) is 4.90 Å². The first-order valence-electron chi connectivity index (χ1n) is 8.54. The summed E-state index contributed by atoms with van der Waals surface area (Å²) in [4.78, 5) is 19.2. The molecule has 2 aromatic rings. The molecule has 1 atom stereocenters. The summed E-state index contributed by atoms with van der Waals surface area (Å²) in [6, 6.07) is 7.66. The molecule has 1 aromatic carbocycles. The molecule has 0 bridgehead atoms. The summed E-state index contributed by atoms with van der Waals surface area (Å²) in [6.07, 6.45) is 2.78. The first kappa shape index (κ1) is 18.2. The van der Waals surface area contributed by atoms with Crippen molar-refractivity contribution in [1.29, 1.82) is 0 Å². The lowest BCUT2D eigenvalue weighted by Crippen LogP contribution is -2.41. The van der Waals surface area contributed by atoms with Crippen LogP contribution in [0.3, 0.4) is 0 Å². The number of thiazole rings is 1. The predicted octanol–water partition coefficient (Wildman–Crippen LogP) is 5.93. The Morgan fingerprint density at radius 2 is 2.00 bits per heavy atom. The number of ether oxygens (including phenoxy) is 1. The van der Waals surface area contributed by atoms with Gasteiger partial charge in [0.05, 0.1) is 11.7 Å². The molecule has 1 aromatic heterocycles. The van der Waals surface area contributed by atoms with Crippen LogP contribution in [0, 0.1) is 0 Å². The summed E-state index contributed by atoms with van der Waals surface area (Å²) in [5.41, 5.74) is 1.47. The van der Waals surface area contributed by atoms with Gasteiger partial charge >= 0.3 is 6.09 Å². The van der Waals surface area contributed by atoms with Gasteiger partial charge in [0.2, 0.25) is 0 Å². The Labute approximate surface area is 157 Å². The van der Waals surface area contributed by atoms with Crippen molar-refractivity contribution in [2.45, 2.75) is 51.7 Å². The van der Waals surface area contributed by atoms with Crippen molar-refractivity contribution in [2.75, 3.05) is 6.54 Å². The Bertz CT molecular complexity index is 737. The fourth-order valence-electron chi connectivity index (χ4n) is 2.92. The van der Waals surface area contributed by atoms with E-state index in [0.717, 1.165) is 42.1 Å². The molecule has 2 heterocycles. The molecule has 0 N–H and O–H groups in total. The van der Waals surface area contributed by atoms with Crippen molar-refractivity contribution in [3.63, 3.8) is 0 Å². The number of rotatable bonds is 2. The highest BCUT2D eigenvalue weighted by molar-refractivity contribution is 7.10. The molecule has 3 rings (SSSR count). The maximum atomic E-state index is 12.6. The van der Waals surface area contributed by atoms with Crippen LogP contribution < -0.4 is 0 Å². The Kier molecular flexibility index (Phi) is 5.35. The van der Waals surface area contributed by atoms with Gasteiger partial charge in [-0.25, -0.2) is 9.78 Å². The predicted molar refractivity (Wildman–Crippen MR) is 102 cm³/mol. The summed E-state index contributed by atoms with van der Waals surface area (Å²) in [5.74, 6) is 0. The first-order valence-corrected chi connectivity index (χ1v) is 9.80. The van der Waals surface area contributed by atoms with Crippen LogP contribution in [0.15, 0.2) is 29.6 Å². The van der Waals surface area contributed by atoms with E-state index in [-0.39, 0.29) is 12.1 Å². The largest absolute Gasteiger partial charge is 0.444 e. The van der Waals surface area contributed by atoms with Crippen molar-refractivity contribution in [2.24, 2.45) is 0 Å². The third-order valence-corrected chi connectivity index (χ3v) is 5.28. The van der Waals surface area contributed by atoms with Crippen LogP contribution in [-0.2, 0) is 4.74 Å². The average molecular weight is 379 g/mol. The second-order valence-electron chi connectivity index (χ2n) is 7.26. The molecule has 0 unspecified atom stereocenters. The zero-order chi connectivity index (χ0) is 18.0. The van der Waals surface area contributed by atoms with Crippen molar-refractivity contribution in [3.05, 3.63) is 39.7 Å². The summed E-state index contributed by atoms with van der Waals surface area (Å²) >= 11 is 7.56. The molecule has 4 nitrogen and oxygen atoms in total. The minimum absolute atomic E-state index is 0.00495. The molecule has 1 fully saturated rings. The van der Waals surface area contributed by atoms with E-state index in [4.69, 9.17) is 21.3 Å². The monoisotopic (exact) mass is 378 g/mol. The Morgan fingerprint density at radius 1 is 1.28 bits per heavy atom. The lowest BCUT2D eigenvalue weighted by molar-refractivity contribution is 0.00950. The van der Waals surface area contributed by atoms with E-state index >= 15 is 0 Å². The van der Waals surface area contributed by atoms with Gasteiger partial charge in [-0.05, 0) is 52.2 Å². The second-order valence-corrected chi connectivity index (χ2v) is 8.59. The van der Waals surface area contributed by atoms with Gasteiger partial charge in [0.15, 0.2) is 0 Å². The number of carbonyl (C=O) groups excluding carboxylic acids is 1. The van der Waals surface area contributed by atoms with Crippen molar-refractivity contribution < 1.29 is 9.53 Å². The number of benzene rings is 1. The molecule has 0 aliphatic carbocycles. The van der Waals surface area contributed by atoms with Crippen molar-refractivity contribution in [3.8, 4) is 11.3 Å². The summed E-state index contributed by atoms with van der Waals surface area (Å²) in [5, 5.41) is 3.72. The van der Waals surface area contributed by atoms with E-state index in [1.807, 2.05) is 55.3 Å². The number of aromatic nitrogens is 1. The number of nitrogens with zero attached hydrogens (tertiary/aromatic N) is 2. The summed E-state index contributed by atoms with van der Waals surface area (Å²) in [7, 11) is 0. The van der Waals surface area contributed by atoms with Crippen LogP contribution in [0.5, 0.6) is 0 Å². The molecule has 0 saturated carbocycles. The number of piperidine rings is 1. The average Bonchev–Trinajstić information content (AvgIpc) is 3.04. The molecule has 1 amide bonds. The Morgan fingerprint density at radius 3 is 2.68 bits per heavy atom. The zero-order valence-electron chi connectivity index (χ0n) is 14.8. The van der Waals surface area contributed by atoms with E-state index in [2.05, 4.69) is 0 Å². The first-order chi connectivity index (χ1) is 11.8. The number of likely N-dealkylation sites (tertiary alicyclic amines) is 1. The molecule has 25 heavy (non-hydrogen) atoms. The van der Waals surface area contributed by atoms with Crippen LogP contribution in [0.25, 0.3) is 11.3 Å². The van der Waals surface area contributed by atoms with Crippen LogP contribution >= 0.6 is 22.9 Å². The maximum absolute atomic E-state index is 12.6. The molecule has 6 heteroatoms. The van der Waals surface area contributed by atoms with Gasteiger partial charge in [0.25, 0.3) is 0 Å². The fraction of sp³-hybridized carbons (Fsp3) is 0.474. The fourth-order valence-corrected chi connectivity index (χ4v) is 4.02. The van der Waals surface area contributed by atoms with Crippen molar-refractivity contribution >= 4 is 29.0 Å². The third kappa shape index (κ3) is 4.53. The molecular weight excluding hydrogens is 356 g/mol. The number of hydrogen-bond acceptors (Lipinski definition) is 4. The van der Waals surface area contributed by atoms with E-state index < -0.39 is 5.60 Å². The smallest absolute Gasteiger partial charge is 0.410 e. The molecule has 0 radical (unpaired) electrons. The van der Waals surface area contributed by atoms with Crippen molar-refractivity contribution in [1.82, 2.24) is 9.88 Å². The minimum Gasteiger partial charge on any atom is -0.444 e.